The van der Waals surface area contributed by atoms with Gasteiger partial charge in [0, 0.05) is 68.9 Å². The van der Waals surface area contributed by atoms with Crippen molar-refractivity contribution in [3.63, 3.8) is 0 Å². The van der Waals surface area contributed by atoms with Crippen LogP contribution >= 0.6 is 22.9 Å². The summed E-state index contributed by atoms with van der Waals surface area (Å²) in [5.74, 6) is 0. The maximum absolute atomic E-state index is 13.1. The Morgan fingerprint density at radius 2 is 1.65 bits per heavy atom. The van der Waals surface area contributed by atoms with Crippen LogP contribution < -0.4 is 16.1 Å². The number of benzene rings is 3. The van der Waals surface area contributed by atoms with Crippen molar-refractivity contribution in [2.24, 2.45) is 0 Å². The van der Waals surface area contributed by atoms with E-state index in [0.29, 0.717) is 5.02 Å². The SMILES string of the molecule is CN(CCNc1ccnc2cc(Cl)ccc12)CCNc1cccc2sc3ccccc3c(=O)c12. The molecule has 3 aromatic carbocycles. The van der Waals surface area contributed by atoms with Crippen LogP contribution in [0.2, 0.25) is 5.02 Å². The fraction of sp³-hybridized carbons (Fsp3) is 0.185. The lowest BCUT2D eigenvalue weighted by atomic mass is 10.1. The number of fused-ring (bicyclic) bond motifs is 3. The van der Waals surface area contributed by atoms with Gasteiger partial charge in [-0.25, -0.2) is 0 Å². The van der Waals surface area contributed by atoms with Gasteiger partial charge in [0.1, 0.15) is 0 Å². The van der Waals surface area contributed by atoms with Gasteiger partial charge in [-0.1, -0.05) is 29.8 Å². The third-order valence-corrected chi connectivity index (χ3v) is 7.30. The normalized spacial score (nSPS) is 11.5. The van der Waals surface area contributed by atoms with Crippen LogP contribution in [0, 0.1) is 0 Å². The number of rotatable bonds is 8. The highest BCUT2D eigenvalue weighted by atomic mass is 35.5. The summed E-state index contributed by atoms with van der Waals surface area (Å²) < 4.78 is 2.03. The predicted molar refractivity (Wildman–Crippen MR) is 147 cm³/mol. The average molecular weight is 489 g/mol. The van der Waals surface area contributed by atoms with E-state index >= 15 is 0 Å². The van der Waals surface area contributed by atoms with Crippen LogP contribution in [-0.2, 0) is 0 Å². The minimum absolute atomic E-state index is 0.0934. The molecule has 0 spiro atoms. The fourth-order valence-electron chi connectivity index (χ4n) is 4.14. The van der Waals surface area contributed by atoms with Gasteiger partial charge in [-0.3, -0.25) is 9.78 Å². The highest BCUT2D eigenvalue weighted by Gasteiger charge is 2.10. The topological polar surface area (TPSA) is 57.3 Å². The van der Waals surface area contributed by atoms with Crippen LogP contribution in [0.4, 0.5) is 11.4 Å². The largest absolute Gasteiger partial charge is 0.383 e. The minimum atomic E-state index is 0.0934. The molecule has 5 rings (SSSR count). The van der Waals surface area contributed by atoms with E-state index in [1.165, 1.54) is 0 Å². The van der Waals surface area contributed by atoms with E-state index in [0.717, 1.165) is 68.6 Å². The summed E-state index contributed by atoms with van der Waals surface area (Å²) in [7, 11) is 2.10. The summed E-state index contributed by atoms with van der Waals surface area (Å²) in [4.78, 5) is 19.8. The number of nitrogens with zero attached hydrogens (tertiary/aromatic N) is 2. The van der Waals surface area contributed by atoms with Crippen molar-refractivity contribution in [3.8, 4) is 0 Å². The second kappa shape index (κ2) is 9.97. The molecular weight excluding hydrogens is 464 g/mol. The molecule has 34 heavy (non-hydrogen) atoms. The Balaban J connectivity index is 1.20. The molecule has 0 amide bonds. The van der Waals surface area contributed by atoms with Gasteiger partial charge in [0.25, 0.3) is 0 Å². The van der Waals surface area contributed by atoms with Crippen LogP contribution in [-0.4, -0.2) is 43.1 Å². The quantitative estimate of drug-likeness (QED) is 0.259. The Morgan fingerprint density at radius 3 is 2.50 bits per heavy atom. The average Bonchev–Trinajstić information content (AvgIpc) is 2.84. The second-order valence-corrected chi connectivity index (χ2v) is 9.80. The third kappa shape index (κ3) is 4.71. The molecule has 2 heterocycles. The van der Waals surface area contributed by atoms with Gasteiger partial charge in [-0.15, -0.1) is 11.3 Å². The Hall–Kier alpha value is -3.19. The van der Waals surface area contributed by atoms with Crippen molar-refractivity contribution in [2.75, 3.05) is 43.9 Å². The van der Waals surface area contributed by atoms with E-state index in [1.807, 2.05) is 66.7 Å². The van der Waals surface area contributed by atoms with E-state index < -0.39 is 0 Å². The maximum Gasteiger partial charge on any atom is 0.197 e. The maximum atomic E-state index is 13.1. The second-order valence-electron chi connectivity index (χ2n) is 8.28. The zero-order valence-electron chi connectivity index (χ0n) is 18.8. The number of halogens is 1. The van der Waals surface area contributed by atoms with Crippen molar-refractivity contribution >= 4 is 65.4 Å². The summed E-state index contributed by atoms with van der Waals surface area (Å²) in [6.07, 6.45) is 1.80. The molecule has 0 radical (unpaired) electrons. The number of hydrogen-bond donors (Lipinski definition) is 2. The van der Waals surface area contributed by atoms with E-state index in [1.54, 1.807) is 17.5 Å². The molecule has 5 nitrogen and oxygen atoms in total. The lowest BCUT2D eigenvalue weighted by Gasteiger charge is -2.19. The summed E-state index contributed by atoms with van der Waals surface area (Å²) in [5, 5.41) is 10.3. The predicted octanol–water partition coefficient (Wildman–Crippen LogP) is 6.07. The Kier molecular flexibility index (Phi) is 6.63. The Morgan fingerprint density at radius 1 is 0.882 bits per heavy atom. The molecule has 0 aliphatic heterocycles. The molecule has 0 fully saturated rings. The first kappa shape index (κ1) is 22.6. The number of aromatic nitrogens is 1. The summed E-state index contributed by atoms with van der Waals surface area (Å²) in [5.41, 5.74) is 2.94. The molecule has 0 aliphatic rings. The van der Waals surface area contributed by atoms with Crippen LogP contribution in [0.1, 0.15) is 0 Å². The van der Waals surface area contributed by atoms with E-state index in [4.69, 9.17) is 11.6 Å². The lowest BCUT2D eigenvalue weighted by Crippen LogP contribution is -2.30. The van der Waals surface area contributed by atoms with E-state index in [-0.39, 0.29) is 5.43 Å². The standard InChI is InChI=1S/C27H25ClN4OS/c1-32(15-13-30-21-11-12-29-23-17-18(28)9-10-19(21)23)16-14-31-22-6-4-8-25-26(22)27(33)20-5-2-3-7-24(20)34-25/h2-12,17,31H,13-16H2,1H3,(H,29,30). The van der Waals surface area contributed by atoms with Gasteiger partial charge in [-0.05, 0) is 55.6 Å². The first-order valence-corrected chi connectivity index (χ1v) is 12.4. The molecular formula is C27H25ClN4OS. The molecule has 0 bridgehead atoms. The van der Waals surface area contributed by atoms with Gasteiger partial charge in [0.15, 0.2) is 5.43 Å². The smallest absolute Gasteiger partial charge is 0.197 e. The van der Waals surface area contributed by atoms with Crippen molar-refractivity contribution in [2.45, 2.75) is 0 Å². The number of pyridine rings is 1. The summed E-state index contributed by atoms with van der Waals surface area (Å²) in [6, 6.07) is 21.6. The molecule has 0 atom stereocenters. The molecule has 2 N–H and O–H groups in total. The van der Waals surface area contributed by atoms with Crippen LogP contribution in [0.5, 0.6) is 0 Å². The molecule has 0 unspecified atom stereocenters. The molecule has 172 valence electrons. The zero-order valence-corrected chi connectivity index (χ0v) is 20.4. The van der Waals surface area contributed by atoms with Crippen molar-refractivity contribution in [3.05, 3.63) is 88.2 Å². The van der Waals surface area contributed by atoms with E-state index in [2.05, 4.69) is 27.6 Å². The highest BCUT2D eigenvalue weighted by Crippen LogP contribution is 2.29. The first-order valence-electron chi connectivity index (χ1n) is 11.3. The Labute approximate surface area is 207 Å². The molecule has 7 heteroatoms. The lowest BCUT2D eigenvalue weighted by molar-refractivity contribution is 0.361. The van der Waals surface area contributed by atoms with Gasteiger partial charge in [0.2, 0.25) is 0 Å². The highest BCUT2D eigenvalue weighted by molar-refractivity contribution is 7.24. The fourth-order valence-corrected chi connectivity index (χ4v) is 5.42. The third-order valence-electron chi connectivity index (χ3n) is 5.93. The Bertz CT molecular complexity index is 1530. The first-order chi connectivity index (χ1) is 16.6. The molecule has 5 aromatic rings. The van der Waals surface area contributed by atoms with Crippen molar-refractivity contribution in [1.29, 1.82) is 0 Å². The van der Waals surface area contributed by atoms with E-state index in [9.17, 15) is 4.79 Å². The summed E-state index contributed by atoms with van der Waals surface area (Å²) >= 11 is 7.75. The monoisotopic (exact) mass is 488 g/mol. The van der Waals surface area contributed by atoms with Gasteiger partial charge >= 0.3 is 0 Å². The van der Waals surface area contributed by atoms with Crippen molar-refractivity contribution < 1.29 is 0 Å². The number of hydrogen-bond acceptors (Lipinski definition) is 6. The number of anilines is 2. The van der Waals surface area contributed by atoms with Gasteiger partial charge in [-0.2, -0.15) is 0 Å². The van der Waals surface area contributed by atoms with Crippen LogP contribution in [0.25, 0.3) is 31.1 Å². The minimum Gasteiger partial charge on any atom is -0.383 e. The molecule has 0 aliphatic carbocycles. The van der Waals surface area contributed by atoms with Crippen LogP contribution in [0.15, 0.2) is 77.7 Å². The van der Waals surface area contributed by atoms with Crippen molar-refractivity contribution in [1.82, 2.24) is 9.88 Å². The van der Waals surface area contributed by atoms with Gasteiger partial charge < -0.3 is 15.5 Å². The summed E-state index contributed by atoms with van der Waals surface area (Å²) in [6.45, 7) is 3.30. The zero-order chi connectivity index (χ0) is 23.5. The number of nitrogens with one attached hydrogen (secondary N) is 2. The molecule has 2 aromatic heterocycles. The number of likely N-dealkylation sites (N-methyl/N-ethyl adjacent to an activating group) is 1. The van der Waals surface area contributed by atoms with Gasteiger partial charge in [0.05, 0.1) is 10.9 Å². The molecule has 0 saturated heterocycles. The van der Waals surface area contributed by atoms with Crippen LogP contribution in [0.3, 0.4) is 0 Å². The molecule has 0 saturated carbocycles.